The van der Waals surface area contributed by atoms with Crippen LogP contribution in [0, 0.1) is 13.8 Å². The summed E-state index contributed by atoms with van der Waals surface area (Å²) in [4.78, 5) is 29.5. The maximum Gasteiger partial charge on any atom is 0.244 e. The molecular formula is C31H37Cl2N3O4S. The number of sulfonamides is 1. The van der Waals surface area contributed by atoms with Crippen LogP contribution in [0.4, 0.5) is 5.69 Å². The van der Waals surface area contributed by atoms with Crippen LogP contribution in [0.15, 0.2) is 66.7 Å². The highest BCUT2D eigenvalue weighted by molar-refractivity contribution is 7.92. The average molecular weight is 619 g/mol. The van der Waals surface area contributed by atoms with Crippen molar-refractivity contribution in [1.29, 1.82) is 0 Å². The average Bonchev–Trinajstić information content (AvgIpc) is 2.86. The van der Waals surface area contributed by atoms with Crippen molar-refractivity contribution in [1.82, 2.24) is 10.2 Å². The molecule has 1 atom stereocenters. The summed E-state index contributed by atoms with van der Waals surface area (Å²) < 4.78 is 27.2. The molecule has 0 aliphatic rings. The molecule has 0 fully saturated rings. The Labute approximate surface area is 253 Å². The molecule has 0 spiro atoms. The third-order valence-electron chi connectivity index (χ3n) is 6.47. The van der Waals surface area contributed by atoms with E-state index in [2.05, 4.69) is 5.32 Å². The fourth-order valence-electron chi connectivity index (χ4n) is 4.62. The molecule has 0 aromatic heterocycles. The highest BCUT2D eigenvalue weighted by Crippen LogP contribution is 2.28. The van der Waals surface area contributed by atoms with Crippen molar-refractivity contribution < 1.29 is 18.0 Å². The fraction of sp³-hybridized carbons (Fsp3) is 0.355. The Morgan fingerprint density at radius 2 is 1.49 bits per heavy atom. The van der Waals surface area contributed by atoms with Gasteiger partial charge < -0.3 is 10.2 Å². The first-order valence-corrected chi connectivity index (χ1v) is 15.8. The number of benzene rings is 3. The predicted octanol–water partition coefficient (Wildman–Crippen LogP) is 5.93. The Balaban J connectivity index is 2.13. The zero-order valence-electron chi connectivity index (χ0n) is 24.2. The largest absolute Gasteiger partial charge is 0.350 e. The molecule has 3 aromatic carbocycles. The summed E-state index contributed by atoms with van der Waals surface area (Å²) >= 11 is 12.4. The summed E-state index contributed by atoms with van der Waals surface area (Å²) in [5, 5.41) is 3.67. The van der Waals surface area contributed by atoms with Gasteiger partial charge in [-0.05, 0) is 69.0 Å². The van der Waals surface area contributed by atoms with Crippen molar-refractivity contribution in [3.63, 3.8) is 0 Å². The number of halogens is 2. The number of nitrogens with zero attached hydrogens (tertiary/aromatic N) is 2. The summed E-state index contributed by atoms with van der Waals surface area (Å²) in [6, 6.07) is 18.9. The molecule has 0 bridgehead atoms. The van der Waals surface area contributed by atoms with Crippen LogP contribution in [0.5, 0.6) is 0 Å². The maximum absolute atomic E-state index is 14.2. The molecule has 10 heteroatoms. The minimum atomic E-state index is -3.86. The van der Waals surface area contributed by atoms with Crippen LogP contribution >= 0.6 is 23.2 Å². The van der Waals surface area contributed by atoms with E-state index in [4.69, 9.17) is 23.2 Å². The Hall–Kier alpha value is -3.07. The zero-order chi connectivity index (χ0) is 30.5. The minimum absolute atomic E-state index is 0.00907. The lowest BCUT2D eigenvalue weighted by molar-refractivity contribution is -0.140. The summed E-state index contributed by atoms with van der Waals surface area (Å²) in [5.41, 5.74) is 2.80. The quantitative estimate of drug-likeness (QED) is 0.305. The summed E-state index contributed by atoms with van der Waals surface area (Å²) in [6.45, 7) is 8.71. The van der Waals surface area contributed by atoms with Gasteiger partial charge in [-0.2, -0.15) is 0 Å². The Bertz CT molecular complexity index is 1490. The lowest BCUT2D eigenvalue weighted by Crippen LogP contribution is -2.56. The van der Waals surface area contributed by atoms with Crippen LogP contribution in [0.25, 0.3) is 0 Å². The Kier molecular flexibility index (Phi) is 10.5. The molecule has 2 amide bonds. The van der Waals surface area contributed by atoms with E-state index in [0.717, 1.165) is 16.1 Å². The first-order chi connectivity index (χ1) is 19.1. The molecule has 0 aliphatic heterocycles. The number of amides is 2. The summed E-state index contributed by atoms with van der Waals surface area (Å²) in [7, 11) is -3.86. The molecule has 0 radical (unpaired) electrons. The first kappa shape index (κ1) is 32.4. The van der Waals surface area contributed by atoms with Crippen molar-refractivity contribution in [2.45, 2.75) is 59.2 Å². The first-order valence-electron chi connectivity index (χ1n) is 13.2. The molecule has 1 unspecified atom stereocenters. The summed E-state index contributed by atoms with van der Waals surface area (Å²) in [5.74, 6) is -0.887. The molecule has 3 rings (SSSR count). The number of carbonyl (C=O) groups is 2. The molecule has 0 heterocycles. The van der Waals surface area contributed by atoms with E-state index >= 15 is 0 Å². The lowest BCUT2D eigenvalue weighted by Gasteiger charge is -2.35. The number of para-hydroxylation sites is 1. The second-order valence-corrected chi connectivity index (χ2v) is 13.9. The topological polar surface area (TPSA) is 86.8 Å². The van der Waals surface area contributed by atoms with Crippen LogP contribution in [0.2, 0.25) is 10.0 Å². The van der Waals surface area contributed by atoms with E-state index < -0.39 is 34.1 Å². The van der Waals surface area contributed by atoms with E-state index in [-0.39, 0.29) is 18.9 Å². The number of rotatable bonds is 10. The van der Waals surface area contributed by atoms with Gasteiger partial charge in [-0.1, -0.05) is 77.8 Å². The third-order valence-corrected chi connectivity index (χ3v) is 8.33. The highest BCUT2D eigenvalue weighted by Gasteiger charge is 2.35. The standard InChI is InChI=1S/C31H37Cl2N3O4S/c1-21-11-10-12-22(2)29(21)36(41(6,39)40)20-28(37)35(19-24-15-16-25(32)26(33)17-24)27(30(38)34-31(3,4)5)18-23-13-8-7-9-14-23/h7-17,27H,18-20H2,1-6H3,(H,34,38). The molecule has 1 N–H and O–H groups in total. The number of hydrogen-bond acceptors (Lipinski definition) is 4. The maximum atomic E-state index is 14.2. The van der Waals surface area contributed by atoms with Gasteiger partial charge >= 0.3 is 0 Å². The molecule has 220 valence electrons. The van der Waals surface area contributed by atoms with E-state index in [1.165, 1.54) is 4.90 Å². The molecule has 7 nitrogen and oxygen atoms in total. The number of carbonyl (C=O) groups excluding carboxylic acids is 2. The van der Waals surface area contributed by atoms with Crippen LogP contribution in [0.1, 0.15) is 43.0 Å². The third kappa shape index (κ3) is 8.96. The number of anilines is 1. The number of hydrogen-bond donors (Lipinski definition) is 1. The van der Waals surface area contributed by atoms with Gasteiger partial charge in [0.15, 0.2) is 0 Å². The smallest absolute Gasteiger partial charge is 0.244 e. The van der Waals surface area contributed by atoms with E-state index in [9.17, 15) is 18.0 Å². The lowest BCUT2D eigenvalue weighted by atomic mass is 10.0. The van der Waals surface area contributed by atoms with Gasteiger partial charge in [0.05, 0.1) is 22.0 Å². The highest BCUT2D eigenvalue weighted by atomic mass is 35.5. The second kappa shape index (κ2) is 13.3. The van der Waals surface area contributed by atoms with Crippen molar-refractivity contribution in [2.24, 2.45) is 0 Å². The SMILES string of the molecule is Cc1cccc(C)c1N(CC(=O)N(Cc1ccc(Cl)c(Cl)c1)C(Cc1ccccc1)C(=O)NC(C)(C)C)S(C)(=O)=O. The van der Waals surface area contributed by atoms with Gasteiger partial charge in [0.25, 0.3) is 0 Å². The monoisotopic (exact) mass is 617 g/mol. The van der Waals surface area contributed by atoms with Crippen LogP contribution in [-0.2, 0) is 32.6 Å². The molecule has 0 aliphatic carbocycles. The predicted molar refractivity (Wildman–Crippen MR) is 167 cm³/mol. The molecule has 0 saturated carbocycles. The van der Waals surface area contributed by atoms with Gasteiger partial charge in [0, 0.05) is 18.5 Å². The zero-order valence-corrected chi connectivity index (χ0v) is 26.6. The van der Waals surface area contributed by atoms with E-state index in [0.29, 0.717) is 32.4 Å². The van der Waals surface area contributed by atoms with Gasteiger partial charge in [0.2, 0.25) is 21.8 Å². The second-order valence-electron chi connectivity index (χ2n) is 11.2. The molecule has 41 heavy (non-hydrogen) atoms. The molecule has 3 aromatic rings. The number of nitrogens with one attached hydrogen (secondary N) is 1. The van der Waals surface area contributed by atoms with Crippen molar-refractivity contribution >= 4 is 50.7 Å². The van der Waals surface area contributed by atoms with Crippen LogP contribution < -0.4 is 9.62 Å². The Morgan fingerprint density at radius 3 is 2.02 bits per heavy atom. The van der Waals surface area contributed by atoms with Crippen LogP contribution in [0.3, 0.4) is 0 Å². The van der Waals surface area contributed by atoms with Gasteiger partial charge in [0.1, 0.15) is 12.6 Å². The summed E-state index contributed by atoms with van der Waals surface area (Å²) in [6.07, 6.45) is 1.29. The van der Waals surface area contributed by atoms with Gasteiger partial charge in [-0.25, -0.2) is 8.42 Å². The van der Waals surface area contributed by atoms with Gasteiger partial charge in [-0.3, -0.25) is 13.9 Å². The molecule has 0 saturated heterocycles. The van der Waals surface area contributed by atoms with Crippen molar-refractivity contribution in [3.05, 3.63) is 99.0 Å². The van der Waals surface area contributed by atoms with E-state index in [1.54, 1.807) is 44.2 Å². The molecular weight excluding hydrogens is 581 g/mol. The minimum Gasteiger partial charge on any atom is -0.350 e. The van der Waals surface area contributed by atoms with Crippen molar-refractivity contribution in [2.75, 3.05) is 17.1 Å². The number of aryl methyl sites for hydroxylation is 2. The van der Waals surface area contributed by atoms with Crippen molar-refractivity contribution in [3.8, 4) is 0 Å². The fourth-order valence-corrected chi connectivity index (χ4v) is 5.90. The Morgan fingerprint density at radius 1 is 0.878 bits per heavy atom. The van der Waals surface area contributed by atoms with E-state index in [1.807, 2.05) is 57.2 Å². The normalized spacial score (nSPS) is 12.5. The van der Waals surface area contributed by atoms with Gasteiger partial charge in [-0.15, -0.1) is 0 Å². The van der Waals surface area contributed by atoms with Crippen LogP contribution in [-0.4, -0.2) is 49.5 Å².